The maximum absolute atomic E-state index is 11.5. The molecule has 0 spiro atoms. The maximum atomic E-state index is 11.5. The van der Waals surface area contributed by atoms with Gasteiger partial charge in [0.05, 0.1) is 6.10 Å². The van der Waals surface area contributed by atoms with Crippen LogP contribution in [0.2, 0.25) is 0 Å². The van der Waals surface area contributed by atoms with Crippen molar-refractivity contribution in [3.63, 3.8) is 0 Å². The highest BCUT2D eigenvalue weighted by atomic mass is 79.9. The summed E-state index contributed by atoms with van der Waals surface area (Å²) in [6, 6.07) is 4.86. The van der Waals surface area contributed by atoms with Crippen LogP contribution in [0.1, 0.15) is 25.7 Å². The van der Waals surface area contributed by atoms with Crippen LogP contribution >= 0.6 is 15.9 Å². The summed E-state index contributed by atoms with van der Waals surface area (Å²) in [6.07, 6.45) is 4.31. The lowest BCUT2D eigenvalue weighted by Gasteiger charge is -2.15. The summed E-state index contributed by atoms with van der Waals surface area (Å²) in [5.41, 5.74) is 0. The minimum Gasteiger partial charge on any atom is -0.489 e. The van der Waals surface area contributed by atoms with Gasteiger partial charge in [-0.05, 0) is 43.9 Å². The van der Waals surface area contributed by atoms with Crippen LogP contribution in [0.25, 0.3) is 0 Å². The number of rotatable bonds is 3. The van der Waals surface area contributed by atoms with Crippen molar-refractivity contribution < 1.29 is 13.2 Å². The van der Waals surface area contributed by atoms with Gasteiger partial charge < -0.3 is 4.74 Å². The predicted octanol–water partition coefficient (Wildman–Crippen LogP) is 2.42. The molecule has 1 aliphatic rings. The number of hydrogen-bond donors (Lipinski definition) is 1. The fourth-order valence-electron chi connectivity index (χ4n) is 1.99. The zero-order valence-corrected chi connectivity index (χ0v) is 11.6. The van der Waals surface area contributed by atoms with Crippen molar-refractivity contribution in [1.29, 1.82) is 0 Å². The molecule has 17 heavy (non-hydrogen) atoms. The first kappa shape index (κ1) is 12.9. The number of ether oxygens (including phenoxy) is 1. The Hall–Kier alpha value is -0.590. The van der Waals surface area contributed by atoms with Crippen LogP contribution in [0.5, 0.6) is 5.75 Å². The van der Waals surface area contributed by atoms with Gasteiger partial charge >= 0.3 is 0 Å². The topological polar surface area (TPSA) is 69.4 Å². The summed E-state index contributed by atoms with van der Waals surface area (Å²) < 4.78 is 29.3. The molecule has 1 saturated carbocycles. The third-order valence-corrected chi connectivity index (χ3v) is 4.23. The Morgan fingerprint density at radius 1 is 1.29 bits per heavy atom. The molecular weight excluding hydrogens is 306 g/mol. The minimum absolute atomic E-state index is 0.0405. The molecule has 0 aromatic heterocycles. The van der Waals surface area contributed by atoms with E-state index in [1.54, 1.807) is 12.1 Å². The quantitative estimate of drug-likeness (QED) is 0.930. The van der Waals surface area contributed by atoms with Gasteiger partial charge in [-0.2, -0.15) is 0 Å². The van der Waals surface area contributed by atoms with Crippen LogP contribution in [0.4, 0.5) is 0 Å². The van der Waals surface area contributed by atoms with E-state index < -0.39 is 10.0 Å². The Morgan fingerprint density at radius 2 is 1.94 bits per heavy atom. The van der Waals surface area contributed by atoms with Crippen molar-refractivity contribution in [2.45, 2.75) is 36.7 Å². The van der Waals surface area contributed by atoms with E-state index in [0.29, 0.717) is 10.2 Å². The van der Waals surface area contributed by atoms with Crippen LogP contribution < -0.4 is 9.88 Å². The lowest BCUT2D eigenvalue weighted by Crippen LogP contribution is -2.17. The third kappa shape index (κ3) is 3.20. The first-order chi connectivity index (χ1) is 7.97. The Morgan fingerprint density at radius 3 is 2.53 bits per heavy atom. The molecule has 0 aliphatic heterocycles. The second kappa shape index (κ2) is 4.96. The molecule has 1 aromatic carbocycles. The van der Waals surface area contributed by atoms with E-state index in [0.717, 1.165) is 25.7 Å². The number of nitrogens with two attached hydrogens (primary N) is 1. The van der Waals surface area contributed by atoms with Crippen molar-refractivity contribution in [2.24, 2.45) is 5.14 Å². The van der Waals surface area contributed by atoms with Crippen LogP contribution in [0.15, 0.2) is 27.6 Å². The molecule has 1 aromatic rings. The molecule has 4 nitrogen and oxygen atoms in total. The van der Waals surface area contributed by atoms with Crippen molar-refractivity contribution in [2.75, 3.05) is 0 Å². The second-order valence-electron chi connectivity index (χ2n) is 4.16. The van der Waals surface area contributed by atoms with Crippen molar-refractivity contribution in [3.05, 3.63) is 22.7 Å². The van der Waals surface area contributed by atoms with E-state index in [4.69, 9.17) is 9.88 Å². The molecule has 6 heteroatoms. The highest BCUT2D eigenvalue weighted by molar-refractivity contribution is 9.10. The van der Waals surface area contributed by atoms with E-state index in [9.17, 15) is 8.42 Å². The van der Waals surface area contributed by atoms with Gasteiger partial charge in [0.25, 0.3) is 0 Å². The van der Waals surface area contributed by atoms with Gasteiger partial charge in [0, 0.05) is 4.47 Å². The fourth-order valence-corrected chi connectivity index (χ4v) is 3.19. The van der Waals surface area contributed by atoms with Crippen LogP contribution in [-0.2, 0) is 10.0 Å². The summed E-state index contributed by atoms with van der Waals surface area (Å²) in [5.74, 6) is 0.350. The number of halogens is 1. The average molecular weight is 320 g/mol. The fraction of sp³-hybridized carbons (Fsp3) is 0.455. The van der Waals surface area contributed by atoms with Gasteiger partial charge in [-0.1, -0.05) is 15.9 Å². The molecule has 0 saturated heterocycles. The molecule has 0 amide bonds. The zero-order valence-electron chi connectivity index (χ0n) is 9.23. The summed E-state index contributed by atoms with van der Waals surface area (Å²) in [4.78, 5) is 0.0405. The molecule has 94 valence electrons. The highest BCUT2D eigenvalue weighted by Gasteiger charge is 2.21. The lowest BCUT2D eigenvalue weighted by molar-refractivity contribution is 0.204. The maximum Gasteiger partial charge on any atom is 0.241 e. The summed E-state index contributed by atoms with van der Waals surface area (Å²) >= 11 is 3.23. The molecule has 1 aliphatic carbocycles. The molecule has 0 atom stereocenters. The predicted molar refractivity (Wildman–Crippen MR) is 68.4 cm³/mol. The van der Waals surface area contributed by atoms with Crippen LogP contribution in [0.3, 0.4) is 0 Å². The van der Waals surface area contributed by atoms with Gasteiger partial charge in [-0.25, -0.2) is 13.6 Å². The normalized spacial score (nSPS) is 17.3. The largest absolute Gasteiger partial charge is 0.489 e. The number of sulfonamides is 1. The average Bonchev–Trinajstić information content (AvgIpc) is 2.72. The minimum atomic E-state index is -3.75. The smallest absolute Gasteiger partial charge is 0.241 e. The van der Waals surface area contributed by atoms with Crippen LogP contribution in [0, 0.1) is 0 Å². The van der Waals surface area contributed by atoms with Crippen molar-refractivity contribution >= 4 is 26.0 Å². The number of hydrogen-bond acceptors (Lipinski definition) is 3. The van der Waals surface area contributed by atoms with Crippen LogP contribution in [-0.4, -0.2) is 14.5 Å². The molecule has 0 bridgehead atoms. The van der Waals surface area contributed by atoms with Gasteiger partial charge in [0.2, 0.25) is 10.0 Å². The molecule has 0 heterocycles. The van der Waals surface area contributed by atoms with Gasteiger partial charge in [-0.3, -0.25) is 0 Å². The standard InChI is InChI=1S/C11H14BrNO3S/c12-8-5-6-10(11(7-8)17(13,14)15)16-9-3-1-2-4-9/h5-7,9H,1-4H2,(H2,13,14,15). The van der Waals surface area contributed by atoms with Gasteiger partial charge in [0.1, 0.15) is 10.6 Å². The first-order valence-electron chi connectivity index (χ1n) is 5.46. The van der Waals surface area contributed by atoms with Gasteiger partial charge in [-0.15, -0.1) is 0 Å². The monoisotopic (exact) mass is 319 g/mol. The third-order valence-electron chi connectivity index (χ3n) is 2.81. The van der Waals surface area contributed by atoms with E-state index in [2.05, 4.69) is 15.9 Å². The van der Waals surface area contributed by atoms with Gasteiger partial charge in [0.15, 0.2) is 0 Å². The number of benzene rings is 1. The van der Waals surface area contributed by atoms with Crippen molar-refractivity contribution in [1.82, 2.24) is 0 Å². The van der Waals surface area contributed by atoms with E-state index in [-0.39, 0.29) is 11.0 Å². The second-order valence-corrected chi connectivity index (χ2v) is 6.61. The first-order valence-corrected chi connectivity index (χ1v) is 7.80. The van der Waals surface area contributed by atoms with E-state index >= 15 is 0 Å². The summed E-state index contributed by atoms with van der Waals surface area (Å²) in [5, 5.41) is 5.17. The Bertz CT molecular complexity index is 509. The Balaban J connectivity index is 2.32. The summed E-state index contributed by atoms with van der Waals surface area (Å²) in [7, 11) is -3.75. The molecule has 2 N–H and O–H groups in total. The molecule has 0 unspecified atom stereocenters. The molecule has 0 radical (unpaired) electrons. The Kier molecular flexibility index (Phi) is 3.75. The zero-order chi connectivity index (χ0) is 12.5. The Labute approximate surface area is 109 Å². The molecular formula is C11H14BrNO3S. The molecule has 1 fully saturated rings. The highest BCUT2D eigenvalue weighted by Crippen LogP contribution is 2.30. The van der Waals surface area contributed by atoms with E-state index in [1.807, 2.05) is 0 Å². The van der Waals surface area contributed by atoms with E-state index in [1.165, 1.54) is 6.07 Å². The lowest BCUT2D eigenvalue weighted by atomic mass is 10.3. The number of primary sulfonamides is 1. The molecule has 2 rings (SSSR count). The SMILES string of the molecule is NS(=O)(=O)c1cc(Br)ccc1OC1CCCC1. The summed E-state index contributed by atoms with van der Waals surface area (Å²) in [6.45, 7) is 0. The van der Waals surface area contributed by atoms with Crippen molar-refractivity contribution in [3.8, 4) is 5.75 Å².